The lowest BCUT2D eigenvalue weighted by molar-refractivity contribution is -0.135. The van der Waals surface area contributed by atoms with E-state index in [0.29, 0.717) is 55.5 Å². The second kappa shape index (κ2) is 9.02. The molecule has 1 aromatic heterocycles. The van der Waals surface area contributed by atoms with E-state index in [1.165, 1.54) is 0 Å². The van der Waals surface area contributed by atoms with Crippen molar-refractivity contribution in [2.45, 2.75) is 51.2 Å². The topological polar surface area (TPSA) is 75.4 Å². The summed E-state index contributed by atoms with van der Waals surface area (Å²) < 4.78 is 1.62. The monoisotopic (exact) mass is 419 g/mol. The maximum absolute atomic E-state index is 13.1. The van der Waals surface area contributed by atoms with Gasteiger partial charge in [-0.3, -0.25) is 14.2 Å². The number of hydrogen-bond donors (Lipinski definition) is 1. The summed E-state index contributed by atoms with van der Waals surface area (Å²) in [5.74, 6) is 0.795. The fourth-order valence-corrected chi connectivity index (χ4v) is 4.33. The van der Waals surface area contributed by atoms with Crippen LogP contribution in [0.4, 0.5) is 0 Å². The van der Waals surface area contributed by atoms with Gasteiger partial charge in [0.15, 0.2) is 0 Å². The molecule has 3 aromatic rings. The number of nitrogens with zero attached hydrogens (tertiary/aromatic N) is 3. The van der Waals surface area contributed by atoms with Crippen LogP contribution in [0, 0.1) is 0 Å². The minimum atomic E-state index is -1.02. The van der Waals surface area contributed by atoms with Gasteiger partial charge in [0.25, 0.3) is 5.56 Å². The first kappa shape index (κ1) is 21.2. The molecule has 2 heterocycles. The number of hydrogen-bond acceptors (Lipinski definition) is 4. The molecule has 4 rings (SSSR count). The summed E-state index contributed by atoms with van der Waals surface area (Å²) in [7, 11) is 0. The normalized spacial score (nSPS) is 15.9. The van der Waals surface area contributed by atoms with Crippen molar-refractivity contribution in [1.82, 2.24) is 14.5 Å². The van der Waals surface area contributed by atoms with Crippen LogP contribution in [0.25, 0.3) is 10.9 Å². The molecule has 1 saturated heterocycles. The van der Waals surface area contributed by atoms with Gasteiger partial charge in [-0.05, 0) is 37.0 Å². The smallest absolute Gasteiger partial charge is 0.261 e. The van der Waals surface area contributed by atoms with Gasteiger partial charge in [0.05, 0.1) is 23.0 Å². The number of carbonyl (C=O) groups is 1. The number of likely N-dealkylation sites (tertiary alicyclic amines) is 1. The second-order valence-corrected chi connectivity index (χ2v) is 8.38. The van der Waals surface area contributed by atoms with Gasteiger partial charge in [-0.25, -0.2) is 4.98 Å². The third-order valence-corrected chi connectivity index (χ3v) is 6.23. The fourth-order valence-electron chi connectivity index (χ4n) is 4.33. The number of aryl methyl sites for hydroxylation is 2. The molecule has 1 aliphatic heterocycles. The largest absolute Gasteiger partial charge is 0.388 e. The van der Waals surface area contributed by atoms with E-state index in [2.05, 4.69) is 4.98 Å². The summed E-state index contributed by atoms with van der Waals surface area (Å²) in [6, 6.07) is 17.3. The van der Waals surface area contributed by atoms with Gasteiger partial charge < -0.3 is 10.0 Å². The molecule has 0 atom stereocenters. The molecule has 1 amide bonds. The Bertz CT molecular complexity index is 1120. The molecule has 162 valence electrons. The molecule has 0 bridgehead atoms. The van der Waals surface area contributed by atoms with Gasteiger partial charge in [0.2, 0.25) is 5.91 Å². The van der Waals surface area contributed by atoms with Crippen molar-refractivity contribution in [2.75, 3.05) is 13.1 Å². The van der Waals surface area contributed by atoms with E-state index in [9.17, 15) is 14.7 Å². The van der Waals surface area contributed by atoms with Crippen molar-refractivity contribution in [3.8, 4) is 0 Å². The highest BCUT2D eigenvalue weighted by atomic mass is 16.3. The Labute approximate surface area is 182 Å². The molecule has 6 nitrogen and oxygen atoms in total. The van der Waals surface area contributed by atoms with Gasteiger partial charge in [0.1, 0.15) is 5.82 Å². The summed E-state index contributed by atoms with van der Waals surface area (Å²) in [5.41, 5.74) is 0.706. The number of carbonyl (C=O) groups excluding carboxylic acids is 1. The molecule has 1 N–H and O–H groups in total. The highest BCUT2D eigenvalue weighted by Crippen LogP contribution is 2.25. The molecule has 0 unspecified atom stereocenters. The van der Waals surface area contributed by atoms with Crippen molar-refractivity contribution in [2.24, 2.45) is 0 Å². The fraction of sp³-hybridized carbons (Fsp3) is 0.400. The predicted molar refractivity (Wildman–Crippen MR) is 121 cm³/mol. The Balaban J connectivity index is 1.42. The first-order valence-electron chi connectivity index (χ1n) is 11.0. The number of fused-ring (bicyclic) bond motifs is 1. The van der Waals surface area contributed by atoms with Crippen LogP contribution in [0.2, 0.25) is 0 Å². The van der Waals surface area contributed by atoms with Gasteiger partial charge in [-0.15, -0.1) is 0 Å². The lowest BCUT2D eigenvalue weighted by Gasteiger charge is -2.38. The Hall–Kier alpha value is -2.99. The molecule has 1 aliphatic rings. The number of para-hydroxylation sites is 1. The maximum Gasteiger partial charge on any atom is 0.261 e. The van der Waals surface area contributed by atoms with Crippen molar-refractivity contribution in [3.63, 3.8) is 0 Å². The SMILES string of the molecule is CCc1nc2ccccc2c(=O)n1CC1(O)CCN(C(=O)CCc2ccccc2)CC1. The number of aromatic nitrogens is 2. The molecule has 0 radical (unpaired) electrons. The Morgan fingerprint density at radius 2 is 1.74 bits per heavy atom. The highest BCUT2D eigenvalue weighted by Gasteiger charge is 2.35. The minimum absolute atomic E-state index is 0.114. The lowest BCUT2D eigenvalue weighted by atomic mass is 9.90. The Morgan fingerprint density at radius 1 is 1.06 bits per heavy atom. The van der Waals surface area contributed by atoms with Crippen LogP contribution in [0.3, 0.4) is 0 Å². The van der Waals surface area contributed by atoms with Crippen LogP contribution in [0.5, 0.6) is 0 Å². The Kier molecular flexibility index (Phi) is 6.18. The van der Waals surface area contributed by atoms with Gasteiger partial charge in [-0.2, -0.15) is 0 Å². The van der Waals surface area contributed by atoms with E-state index in [0.717, 1.165) is 12.0 Å². The van der Waals surface area contributed by atoms with Crippen molar-refractivity contribution < 1.29 is 9.90 Å². The van der Waals surface area contributed by atoms with Gasteiger partial charge in [0, 0.05) is 25.9 Å². The molecule has 6 heteroatoms. The lowest BCUT2D eigenvalue weighted by Crippen LogP contribution is -2.50. The average molecular weight is 420 g/mol. The molecular weight excluding hydrogens is 390 g/mol. The van der Waals surface area contributed by atoms with E-state index in [1.807, 2.05) is 60.4 Å². The van der Waals surface area contributed by atoms with Crippen molar-refractivity contribution >= 4 is 16.8 Å². The summed E-state index contributed by atoms with van der Waals surface area (Å²) in [5, 5.41) is 11.8. The zero-order valence-corrected chi connectivity index (χ0v) is 18.0. The van der Waals surface area contributed by atoms with E-state index >= 15 is 0 Å². The quantitative estimate of drug-likeness (QED) is 0.667. The summed E-state index contributed by atoms with van der Waals surface area (Å²) in [6.45, 7) is 3.17. The first-order chi connectivity index (χ1) is 15.0. The predicted octanol–water partition coefficient (Wildman–Crippen LogP) is 2.95. The van der Waals surface area contributed by atoms with E-state index in [1.54, 1.807) is 10.6 Å². The second-order valence-electron chi connectivity index (χ2n) is 8.38. The minimum Gasteiger partial charge on any atom is -0.388 e. The van der Waals surface area contributed by atoms with Crippen LogP contribution in [0.15, 0.2) is 59.4 Å². The van der Waals surface area contributed by atoms with Crippen LogP contribution >= 0.6 is 0 Å². The average Bonchev–Trinajstić information content (AvgIpc) is 2.80. The standard InChI is InChI=1S/C25H29N3O3/c1-2-22-26-21-11-7-6-10-20(21)24(30)28(22)18-25(31)14-16-27(17-15-25)23(29)13-12-19-8-4-3-5-9-19/h3-11,31H,2,12-18H2,1H3. The molecule has 0 saturated carbocycles. The molecule has 0 aliphatic carbocycles. The van der Waals surface area contributed by atoms with E-state index < -0.39 is 5.60 Å². The van der Waals surface area contributed by atoms with Crippen molar-refractivity contribution in [3.05, 3.63) is 76.3 Å². The third-order valence-electron chi connectivity index (χ3n) is 6.23. The van der Waals surface area contributed by atoms with Crippen molar-refractivity contribution in [1.29, 1.82) is 0 Å². The van der Waals surface area contributed by atoms with E-state index in [-0.39, 0.29) is 18.0 Å². The number of amides is 1. The summed E-state index contributed by atoms with van der Waals surface area (Å²) in [6.07, 6.45) is 2.70. The first-order valence-corrected chi connectivity index (χ1v) is 11.0. The van der Waals surface area contributed by atoms with Crippen LogP contribution in [0.1, 0.15) is 37.6 Å². The highest BCUT2D eigenvalue weighted by molar-refractivity contribution is 5.77. The molecule has 0 spiro atoms. The molecule has 31 heavy (non-hydrogen) atoms. The number of benzene rings is 2. The van der Waals surface area contributed by atoms with Crippen LogP contribution in [-0.4, -0.2) is 44.2 Å². The Morgan fingerprint density at radius 3 is 2.45 bits per heavy atom. The van der Waals surface area contributed by atoms with Gasteiger partial charge in [-0.1, -0.05) is 49.4 Å². The zero-order chi connectivity index (χ0) is 21.8. The zero-order valence-electron chi connectivity index (χ0n) is 18.0. The third kappa shape index (κ3) is 4.69. The van der Waals surface area contributed by atoms with Crippen LogP contribution in [-0.2, 0) is 24.2 Å². The number of piperidine rings is 1. The maximum atomic E-state index is 13.1. The molecular formula is C25H29N3O3. The molecule has 1 fully saturated rings. The van der Waals surface area contributed by atoms with E-state index in [4.69, 9.17) is 0 Å². The molecule has 2 aromatic carbocycles. The number of rotatable bonds is 6. The number of aliphatic hydroxyl groups is 1. The summed E-state index contributed by atoms with van der Waals surface area (Å²) >= 11 is 0. The summed E-state index contributed by atoms with van der Waals surface area (Å²) in [4.78, 5) is 32.2. The van der Waals surface area contributed by atoms with Gasteiger partial charge >= 0.3 is 0 Å². The van der Waals surface area contributed by atoms with Crippen LogP contribution < -0.4 is 5.56 Å².